The van der Waals surface area contributed by atoms with Crippen LogP contribution < -0.4 is 10.2 Å². The van der Waals surface area contributed by atoms with Gasteiger partial charge < -0.3 is 10.2 Å². The third-order valence-corrected chi connectivity index (χ3v) is 6.92. The smallest absolute Gasteiger partial charge is 0.243 e. The summed E-state index contributed by atoms with van der Waals surface area (Å²) in [7, 11) is -1.93. The molecule has 0 aromatic heterocycles. The summed E-state index contributed by atoms with van der Waals surface area (Å²) in [6.07, 6.45) is 1.26. The highest BCUT2D eigenvalue weighted by Gasteiger charge is 2.33. The molecule has 8 heteroatoms. The van der Waals surface area contributed by atoms with Gasteiger partial charge in [0.2, 0.25) is 21.8 Å². The summed E-state index contributed by atoms with van der Waals surface area (Å²) in [5.41, 5.74) is 1.50. The molecule has 2 aliphatic heterocycles. The van der Waals surface area contributed by atoms with Crippen LogP contribution in [0.25, 0.3) is 0 Å². The van der Waals surface area contributed by atoms with Crippen molar-refractivity contribution in [2.75, 3.05) is 25.0 Å². The molecule has 26 heavy (non-hydrogen) atoms. The minimum atomic E-state index is -3.62. The second kappa shape index (κ2) is 7.00. The highest BCUT2D eigenvalue weighted by Crippen LogP contribution is 2.31. The maximum absolute atomic E-state index is 12.9. The quantitative estimate of drug-likeness (QED) is 0.850. The average molecular weight is 379 g/mol. The molecule has 1 aromatic rings. The lowest BCUT2D eigenvalue weighted by Crippen LogP contribution is -2.44. The highest BCUT2D eigenvalue weighted by atomic mass is 32.2. The van der Waals surface area contributed by atoms with Crippen LogP contribution in [0.3, 0.4) is 0 Å². The van der Waals surface area contributed by atoms with Crippen molar-refractivity contribution in [3.63, 3.8) is 0 Å². The topological polar surface area (TPSA) is 86.8 Å². The van der Waals surface area contributed by atoms with Crippen LogP contribution in [-0.4, -0.2) is 50.7 Å². The summed E-state index contributed by atoms with van der Waals surface area (Å²) in [5.74, 6) is -0.183. The number of likely N-dealkylation sites (N-methyl/N-ethyl adjacent to an activating group) is 1. The molecule has 0 unspecified atom stereocenters. The van der Waals surface area contributed by atoms with Gasteiger partial charge in [0.05, 0.1) is 11.3 Å². The number of anilines is 1. The van der Waals surface area contributed by atoms with Crippen LogP contribution in [0.1, 0.15) is 32.3 Å². The van der Waals surface area contributed by atoms with Crippen LogP contribution in [0, 0.1) is 5.92 Å². The first-order chi connectivity index (χ1) is 12.2. The van der Waals surface area contributed by atoms with Crippen LogP contribution in [0.15, 0.2) is 23.1 Å². The lowest BCUT2D eigenvalue weighted by molar-refractivity contribution is -0.126. The van der Waals surface area contributed by atoms with Crippen LogP contribution >= 0.6 is 0 Å². The molecule has 0 saturated carbocycles. The largest absolute Gasteiger partial charge is 0.354 e. The number of nitrogens with one attached hydrogen (secondary N) is 1. The number of carbonyl (C=O) groups is 2. The molecule has 7 nitrogen and oxygen atoms in total. The minimum Gasteiger partial charge on any atom is -0.354 e. The normalized spacial score (nSPS) is 19.1. The molecular formula is C18H25N3O4S. The van der Waals surface area contributed by atoms with Crippen LogP contribution in [0.2, 0.25) is 0 Å². The van der Waals surface area contributed by atoms with Crippen molar-refractivity contribution in [1.29, 1.82) is 0 Å². The van der Waals surface area contributed by atoms with Gasteiger partial charge in [-0.15, -0.1) is 0 Å². The second-order valence-electron chi connectivity index (χ2n) is 7.26. The van der Waals surface area contributed by atoms with E-state index in [0.717, 1.165) is 11.3 Å². The van der Waals surface area contributed by atoms with E-state index >= 15 is 0 Å². The van der Waals surface area contributed by atoms with E-state index < -0.39 is 10.0 Å². The van der Waals surface area contributed by atoms with Gasteiger partial charge in [0.15, 0.2) is 0 Å². The van der Waals surface area contributed by atoms with Gasteiger partial charge >= 0.3 is 0 Å². The lowest BCUT2D eigenvalue weighted by Gasteiger charge is -2.31. The summed E-state index contributed by atoms with van der Waals surface area (Å²) in [4.78, 5) is 25.7. The van der Waals surface area contributed by atoms with Crippen molar-refractivity contribution in [2.24, 2.45) is 5.92 Å². The number of sulfonamides is 1. The summed E-state index contributed by atoms with van der Waals surface area (Å²) in [6, 6.07) is 4.93. The van der Waals surface area contributed by atoms with E-state index in [4.69, 9.17) is 0 Å². The third-order valence-electron chi connectivity index (χ3n) is 5.02. The molecule has 2 aliphatic rings. The van der Waals surface area contributed by atoms with Crippen LogP contribution in [-0.2, 0) is 26.0 Å². The van der Waals surface area contributed by atoms with Crippen molar-refractivity contribution in [3.05, 3.63) is 23.8 Å². The van der Waals surface area contributed by atoms with Crippen molar-refractivity contribution in [2.45, 2.75) is 44.0 Å². The summed E-state index contributed by atoms with van der Waals surface area (Å²) in [6.45, 7) is 4.48. The Morgan fingerprint density at radius 1 is 1.23 bits per heavy atom. The number of amides is 2. The molecule has 1 N–H and O–H groups in total. The first kappa shape index (κ1) is 18.8. The first-order valence-corrected chi connectivity index (χ1v) is 10.3. The minimum absolute atomic E-state index is 0.00358. The number of hydrogen-bond donors (Lipinski definition) is 1. The van der Waals surface area contributed by atoms with E-state index in [-0.39, 0.29) is 35.1 Å². The number of piperidine rings is 1. The van der Waals surface area contributed by atoms with Gasteiger partial charge in [-0.2, -0.15) is 4.31 Å². The fourth-order valence-corrected chi connectivity index (χ4v) is 5.04. The van der Waals surface area contributed by atoms with Crippen molar-refractivity contribution in [3.8, 4) is 0 Å². The van der Waals surface area contributed by atoms with E-state index in [2.05, 4.69) is 5.32 Å². The number of rotatable bonds is 4. The van der Waals surface area contributed by atoms with Crippen LogP contribution in [0.4, 0.5) is 5.69 Å². The predicted octanol–water partition coefficient (Wildman–Crippen LogP) is 1.13. The van der Waals surface area contributed by atoms with Gasteiger partial charge in [-0.25, -0.2) is 8.42 Å². The van der Waals surface area contributed by atoms with Crippen molar-refractivity contribution in [1.82, 2.24) is 9.62 Å². The Hall–Kier alpha value is -1.93. The third kappa shape index (κ3) is 3.48. The van der Waals surface area contributed by atoms with Gasteiger partial charge in [0.1, 0.15) is 0 Å². The fourth-order valence-electron chi connectivity index (χ4n) is 3.52. The summed E-state index contributed by atoms with van der Waals surface area (Å²) < 4.78 is 27.3. The monoisotopic (exact) mass is 379 g/mol. The number of hydrogen-bond acceptors (Lipinski definition) is 4. The van der Waals surface area contributed by atoms with Gasteiger partial charge in [0, 0.05) is 37.8 Å². The van der Waals surface area contributed by atoms with E-state index in [1.165, 1.54) is 4.31 Å². The number of benzene rings is 1. The van der Waals surface area contributed by atoms with Gasteiger partial charge in [-0.3, -0.25) is 9.59 Å². The Morgan fingerprint density at radius 2 is 1.88 bits per heavy atom. The molecule has 1 saturated heterocycles. The molecule has 0 aliphatic carbocycles. The number of carbonyl (C=O) groups excluding carboxylic acids is 2. The molecule has 2 amide bonds. The molecule has 142 valence electrons. The molecule has 1 fully saturated rings. The second-order valence-corrected chi connectivity index (χ2v) is 9.20. The molecule has 3 rings (SSSR count). The van der Waals surface area contributed by atoms with Gasteiger partial charge in [0.25, 0.3) is 0 Å². The number of nitrogens with zero attached hydrogens (tertiary/aromatic N) is 2. The van der Waals surface area contributed by atoms with E-state index in [1.807, 2.05) is 13.8 Å². The lowest BCUT2D eigenvalue weighted by atomic mass is 9.97. The molecule has 0 bridgehead atoms. The molecule has 0 spiro atoms. The van der Waals surface area contributed by atoms with E-state index in [1.54, 1.807) is 30.1 Å². The molecule has 1 aromatic carbocycles. The Labute approximate surface area is 154 Å². The maximum atomic E-state index is 12.9. The zero-order valence-electron chi connectivity index (χ0n) is 15.4. The Balaban J connectivity index is 1.72. The van der Waals surface area contributed by atoms with E-state index in [9.17, 15) is 18.0 Å². The first-order valence-electron chi connectivity index (χ1n) is 8.90. The highest BCUT2D eigenvalue weighted by molar-refractivity contribution is 7.89. The Bertz CT molecular complexity index is 827. The standard InChI is InChI=1S/C18H25N3O4S/c1-12(2)19-18(23)13-6-8-21(9-7-13)26(24,25)15-4-5-16-14(10-15)11-17(22)20(16)3/h4-5,10,12-13H,6-9,11H2,1-3H3,(H,19,23). The molecular weight excluding hydrogens is 354 g/mol. The summed E-state index contributed by atoms with van der Waals surface area (Å²) in [5, 5.41) is 2.89. The fraction of sp³-hybridized carbons (Fsp3) is 0.556. The van der Waals surface area contributed by atoms with Gasteiger partial charge in [-0.1, -0.05) is 0 Å². The van der Waals surface area contributed by atoms with Crippen LogP contribution in [0.5, 0.6) is 0 Å². The van der Waals surface area contributed by atoms with Gasteiger partial charge in [-0.05, 0) is 50.5 Å². The molecule has 0 atom stereocenters. The van der Waals surface area contributed by atoms with E-state index in [0.29, 0.717) is 25.9 Å². The average Bonchev–Trinajstić information content (AvgIpc) is 2.88. The number of fused-ring (bicyclic) bond motifs is 1. The zero-order valence-corrected chi connectivity index (χ0v) is 16.2. The predicted molar refractivity (Wildman–Crippen MR) is 98.3 cm³/mol. The summed E-state index contributed by atoms with van der Waals surface area (Å²) >= 11 is 0. The molecule has 2 heterocycles. The van der Waals surface area contributed by atoms with Crippen molar-refractivity contribution < 1.29 is 18.0 Å². The SMILES string of the molecule is CC(C)NC(=O)C1CCN(S(=O)(=O)c2ccc3c(c2)CC(=O)N3C)CC1. The van der Waals surface area contributed by atoms with Crippen molar-refractivity contribution >= 4 is 27.5 Å². The zero-order chi connectivity index (χ0) is 19.1. The Kier molecular flexibility index (Phi) is 5.07. The molecule has 0 radical (unpaired) electrons. The maximum Gasteiger partial charge on any atom is 0.243 e. The Morgan fingerprint density at radius 3 is 2.50 bits per heavy atom.